The molecule has 1 amide bonds. The summed E-state index contributed by atoms with van der Waals surface area (Å²) in [6.07, 6.45) is -3.63. The maximum absolute atomic E-state index is 14.3. The summed E-state index contributed by atoms with van der Waals surface area (Å²) in [5, 5.41) is 13.6. The number of carboxylic acid groups (broad SMARTS) is 1. The van der Waals surface area contributed by atoms with Crippen LogP contribution in [0, 0.1) is 23.6 Å². The monoisotopic (exact) mass is 439 g/mol. The van der Waals surface area contributed by atoms with Gasteiger partial charge in [-0.1, -0.05) is 32.4 Å². The summed E-state index contributed by atoms with van der Waals surface area (Å²) >= 11 is 0. The SMILES string of the molecule is Cc1ccc(F)c(-c2nn(C3CC4(C3)CN(C(=O)O)C4C(C)(C)C)cc2C(F)(F)F)c1. The molecule has 1 saturated carbocycles. The van der Waals surface area contributed by atoms with Crippen LogP contribution in [0.25, 0.3) is 11.3 Å². The van der Waals surface area contributed by atoms with Crippen molar-refractivity contribution in [1.29, 1.82) is 0 Å². The van der Waals surface area contributed by atoms with Crippen LogP contribution in [-0.2, 0) is 6.18 Å². The Morgan fingerprint density at radius 2 is 1.87 bits per heavy atom. The van der Waals surface area contributed by atoms with Gasteiger partial charge in [-0.3, -0.25) is 4.68 Å². The summed E-state index contributed by atoms with van der Waals surface area (Å²) in [5.74, 6) is -0.754. The van der Waals surface area contributed by atoms with Gasteiger partial charge in [-0.25, -0.2) is 9.18 Å². The Kier molecular flexibility index (Phi) is 4.68. The van der Waals surface area contributed by atoms with Gasteiger partial charge < -0.3 is 10.0 Å². The van der Waals surface area contributed by atoms with Crippen molar-refractivity contribution in [2.24, 2.45) is 10.8 Å². The number of hydrogen-bond acceptors (Lipinski definition) is 2. The molecule has 31 heavy (non-hydrogen) atoms. The van der Waals surface area contributed by atoms with E-state index in [4.69, 9.17) is 0 Å². The minimum Gasteiger partial charge on any atom is -0.465 e. The van der Waals surface area contributed by atoms with E-state index in [0.717, 1.165) is 12.3 Å². The lowest BCUT2D eigenvalue weighted by Gasteiger charge is -2.67. The number of halogens is 4. The fourth-order valence-electron chi connectivity index (χ4n) is 5.52. The molecule has 2 fully saturated rings. The molecule has 1 aromatic heterocycles. The third-order valence-electron chi connectivity index (χ3n) is 6.52. The lowest BCUT2D eigenvalue weighted by molar-refractivity contribution is -0.170. The highest BCUT2D eigenvalue weighted by Gasteiger charge is 2.64. The number of hydrogen-bond donors (Lipinski definition) is 1. The topological polar surface area (TPSA) is 58.4 Å². The van der Waals surface area contributed by atoms with E-state index in [0.29, 0.717) is 24.9 Å². The fourth-order valence-corrected chi connectivity index (χ4v) is 5.52. The molecular formula is C22H25F4N3O2. The van der Waals surface area contributed by atoms with Gasteiger partial charge in [0, 0.05) is 29.8 Å². The van der Waals surface area contributed by atoms with E-state index >= 15 is 0 Å². The molecule has 9 heteroatoms. The van der Waals surface area contributed by atoms with E-state index in [-0.39, 0.29) is 28.5 Å². The van der Waals surface area contributed by atoms with Crippen molar-refractivity contribution < 1.29 is 27.5 Å². The molecule has 5 nitrogen and oxygen atoms in total. The molecule has 2 aliphatic rings. The molecule has 4 rings (SSSR count). The van der Waals surface area contributed by atoms with Gasteiger partial charge in [0.15, 0.2) is 0 Å². The Bertz CT molecular complexity index is 1030. The molecule has 1 atom stereocenters. The van der Waals surface area contributed by atoms with E-state index in [9.17, 15) is 27.5 Å². The van der Waals surface area contributed by atoms with Gasteiger partial charge in [0.2, 0.25) is 0 Å². The van der Waals surface area contributed by atoms with Gasteiger partial charge in [0.1, 0.15) is 17.1 Å². The summed E-state index contributed by atoms with van der Waals surface area (Å²) in [4.78, 5) is 13.0. The minimum absolute atomic E-state index is 0.173. The highest BCUT2D eigenvalue weighted by atomic mass is 19.4. The second kappa shape index (κ2) is 6.71. The molecule has 2 heterocycles. The van der Waals surface area contributed by atoms with Crippen LogP contribution in [0.1, 0.15) is 50.8 Å². The van der Waals surface area contributed by atoms with Crippen LogP contribution in [0.3, 0.4) is 0 Å². The van der Waals surface area contributed by atoms with Crippen LogP contribution in [0.4, 0.5) is 22.4 Å². The first-order valence-electron chi connectivity index (χ1n) is 10.2. The number of aromatic nitrogens is 2. The molecule has 1 aliphatic heterocycles. The van der Waals surface area contributed by atoms with Gasteiger partial charge in [-0.2, -0.15) is 18.3 Å². The van der Waals surface area contributed by atoms with Crippen molar-refractivity contribution in [1.82, 2.24) is 14.7 Å². The molecule has 1 spiro atoms. The maximum Gasteiger partial charge on any atom is 0.420 e. The number of amides is 1. The van der Waals surface area contributed by atoms with Crippen molar-refractivity contribution >= 4 is 6.09 Å². The van der Waals surface area contributed by atoms with Crippen LogP contribution in [0.2, 0.25) is 0 Å². The number of aryl methyl sites for hydroxylation is 1. The van der Waals surface area contributed by atoms with Crippen molar-refractivity contribution in [3.63, 3.8) is 0 Å². The average molecular weight is 439 g/mol. The van der Waals surface area contributed by atoms with Gasteiger partial charge in [0.25, 0.3) is 0 Å². The van der Waals surface area contributed by atoms with Crippen molar-refractivity contribution in [3.8, 4) is 11.3 Å². The van der Waals surface area contributed by atoms with Gasteiger partial charge >= 0.3 is 12.3 Å². The number of benzene rings is 1. The first kappa shape index (κ1) is 21.6. The maximum atomic E-state index is 14.3. The molecular weight excluding hydrogens is 414 g/mol. The summed E-state index contributed by atoms with van der Waals surface area (Å²) < 4.78 is 56.7. The summed E-state index contributed by atoms with van der Waals surface area (Å²) in [5.41, 5.74) is -1.47. The van der Waals surface area contributed by atoms with Crippen LogP contribution in [0.15, 0.2) is 24.4 Å². The Labute approximate surface area is 177 Å². The van der Waals surface area contributed by atoms with E-state index in [1.165, 1.54) is 21.7 Å². The van der Waals surface area contributed by atoms with Crippen molar-refractivity contribution in [2.75, 3.05) is 6.54 Å². The average Bonchev–Trinajstić information content (AvgIpc) is 2.98. The van der Waals surface area contributed by atoms with Crippen LogP contribution >= 0.6 is 0 Å². The molecule has 1 aliphatic carbocycles. The largest absolute Gasteiger partial charge is 0.465 e. The molecule has 1 unspecified atom stereocenters. The van der Waals surface area contributed by atoms with Crippen LogP contribution in [-0.4, -0.2) is 38.5 Å². The van der Waals surface area contributed by atoms with E-state index in [1.807, 2.05) is 20.8 Å². The first-order chi connectivity index (χ1) is 14.2. The van der Waals surface area contributed by atoms with Crippen LogP contribution < -0.4 is 0 Å². The smallest absolute Gasteiger partial charge is 0.420 e. The fraction of sp³-hybridized carbons (Fsp3) is 0.545. The first-order valence-corrected chi connectivity index (χ1v) is 10.2. The standard InChI is InChI=1S/C22H25F4N3O2/c1-12-5-6-16(23)14(7-12)17-15(22(24,25)26)10-29(27-17)13-8-21(9-13)11-28(19(30)31)18(21)20(2,3)4/h5-7,10,13,18H,8-9,11H2,1-4H3,(H,30,31). The molecule has 2 aromatic rings. The summed E-state index contributed by atoms with van der Waals surface area (Å²) in [6, 6.07) is 3.51. The number of rotatable bonds is 2. The number of carbonyl (C=O) groups is 1. The number of nitrogens with zero attached hydrogens (tertiary/aromatic N) is 3. The number of alkyl halides is 3. The zero-order chi connectivity index (χ0) is 22.9. The highest BCUT2D eigenvalue weighted by Crippen LogP contribution is 2.62. The predicted octanol–water partition coefficient (Wildman–Crippen LogP) is 5.75. The third kappa shape index (κ3) is 3.47. The normalized spacial score (nSPS) is 26.0. The van der Waals surface area contributed by atoms with E-state index in [1.54, 1.807) is 6.92 Å². The zero-order valence-electron chi connectivity index (χ0n) is 17.8. The second-order valence-electron chi connectivity index (χ2n) is 9.96. The van der Waals surface area contributed by atoms with Crippen LogP contribution in [0.5, 0.6) is 0 Å². The Morgan fingerprint density at radius 3 is 2.42 bits per heavy atom. The van der Waals surface area contributed by atoms with E-state index in [2.05, 4.69) is 5.10 Å². The van der Waals surface area contributed by atoms with Gasteiger partial charge in [-0.05, 0) is 37.3 Å². The van der Waals surface area contributed by atoms with Crippen molar-refractivity contribution in [3.05, 3.63) is 41.3 Å². The molecule has 1 saturated heterocycles. The lowest BCUT2D eigenvalue weighted by Crippen LogP contribution is -2.74. The van der Waals surface area contributed by atoms with Gasteiger partial charge in [-0.15, -0.1) is 0 Å². The summed E-state index contributed by atoms with van der Waals surface area (Å²) in [6.45, 7) is 7.95. The minimum atomic E-state index is -4.67. The Hall–Kier alpha value is -2.58. The van der Waals surface area contributed by atoms with Gasteiger partial charge in [0.05, 0.1) is 6.04 Å². The molecule has 0 radical (unpaired) electrons. The Morgan fingerprint density at radius 1 is 1.23 bits per heavy atom. The zero-order valence-corrected chi connectivity index (χ0v) is 17.8. The third-order valence-corrected chi connectivity index (χ3v) is 6.52. The lowest BCUT2D eigenvalue weighted by atomic mass is 9.50. The van der Waals surface area contributed by atoms with E-state index < -0.39 is 29.3 Å². The quantitative estimate of drug-likeness (QED) is 0.607. The highest BCUT2D eigenvalue weighted by molar-refractivity contribution is 5.68. The molecule has 1 N–H and O–H groups in total. The van der Waals surface area contributed by atoms with Crippen molar-refractivity contribution in [2.45, 2.75) is 58.8 Å². The predicted molar refractivity (Wildman–Crippen MR) is 106 cm³/mol. The Balaban J connectivity index is 1.65. The second-order valence-corrected chi connectivity index (χ2v) is 9.96. The molecule has 0 bridgehead atoms. The molecule has 1 aromatic carbocycles. The summed E-state index contributed by atoms with van der Waals surface area (Å²) in [7, 11) is 0. The number of likely N-dealkylation sites (tertiary alicyclic amines) is 1. The molecule has 168 valence electrons.